The van der Waals surface area contributed by atoms with Gasteiger partial charge in [0, 0.05) is 18.5 Å². The van der Waals surface area contributed by atoms with Gasteiger partial charge in [0.15, 0.2) is 0 Å². The number of carbonyl (C=O) groups excluding carboxylic acids is 1. The minimum Gasteiger partial charge on any atom is -0.491 e. The molecule has 3 rings (SSSR count). The number of ether oxygens (including phenoxy) is 1. The number of aliphatic hydroxyl groups is 1. The van der Waals surface area contributed by atoms with Crippen LogP contribution in [0.5, 0.6) is 5.75 Å². The molecule has 1 aromatic rings. The van der Waals surface area contributed by atoms with E-state index in [2.05, 4.69) is 5.32 Å². The van der Waals surface area contributed by atoms with E-state index in [1.165, 1.54) is 19.3 Å². The third-order valence-electron chi connectivity index (χ3n) is 5.53. The summed E-state index contributed by atoms with van der Waals surface area (Å²) < 4.78 is 5.33. The molecule has 0 spiro atoms. The van der Waals surface area contributed by atoms with E-state index in [4.69, 9.17) is 15.6 Å². The lowest BCUT2D eigenvalue weighted by Crippen LogP contribution is -2.49. The van der Waals surface area contributed by atoms with E-state index < -0.39 is 0 Å². The second-order valence-electron chi connectivity index (χ2n) is 7.13. The fourth-order valence-corrected chi connectivity index (χ4v) is 4.20. The van der Waals surface area contributed by atoms with Crippen LogP contribution in [0.3, 0.4) is 0 Å². The molecule has 4 N–H and O–H groups in total. The van der Waals surface area contributed by atoms with Crippen LogP contribution < -0.4 is 15.8 Å². The molecular formula is C19H29ClN2O3. The Labute approximate surface area is 155 Å². The van der Waals surface area contributed by atoms with Gasteiger partial charge in [-0.3, -0.25) is 4.79 Å². The first-order valence-corrected chi connectivity index (χ1v) is 9.03. The number of carbonyl (C=O) groups is 1. The highest BCUT2D eigenvalue weighted by Crippen LogP contribution is 2.41. The lowest BCUT2D eigenvalue weighted by atomic mass is 9.65. The van der Waals surface area contributed by atoms with Crippen molar-refractivity contribution in [3.05, 3.63) is 29.8 Å². The Morgan fingerprint density at radius 3 is 2.44 bits per heavy atom. The van der Waals surface area contributed by atoms with E-state index in [1.807, 2.05) is 24.3 Å². The molecular weight excluding hydrogens is 340 g/mol. The first-order chi connectivity index (χ1) is 11.7. The van der Waals surface area contributed by atoms with Gasteiger partial charge in [-0.15, -0.1) is 12.4 Å². The van der Waals surface area contributed by atoms with Gasteiger partial charge < -0.3 is 20.9 Å². The number of hydrogen-bond acceptors (Lipinski definition) is 4. The second kappa shape index (κ2) is 9.41. The summed E-state index contributed by atoms with van der Waals surface area (Å²) in [5, 5.41) is 11.8. The van der Waals surface area contributed by atoms with Gasteiger partial charge in [0.25, 0.3) is 0 Å². The third-order valence-corrected chi connectivity index (χ3v) is 5.53. The molecule has 2 bridgehead atoms. The van der Waals surface area contributed by atoms with Gasteiger partial charge in [-0.05, 0) is 55.2 Å². The molecule has 25 heavy (non-hydrogen) atoms. The molecule has 0 aliphatic heterocycles. The summed E-state index contributed by atoms with van der Waals surface area (Å²) in [6.45, 7) is 0.837. The monoisotopic (exact) mass is 368 g/mol. The molecule has 0 heterocycles. The lowest BCUT2D eigenvalue weighted by Gasteiger charge is -2.43. The molecule has 2 fully saturated rings. The number of nitrogens with one attached hydrogen (secondary N) is 1. The maximum Gasteiger partial charge on any atom is 0.223 e. The van der Waals surface area contributed by atoms with Crippen molar-refractivity contribution in [1.29, 1.82) is 0 Å². The molecule has 1 aromatic carbocycles. The van der Waals surface area contributed by atoms with Gasteiger partial charge in [-0.2, -0.15) is 0 Å². The molecule has 2 atom stereocenters. The maximum absolute atomic E-state index is 12.5. The van der Waals surface area contributed by atoms with Gasteiger partial charge >= 0.3 is 0 Å². The zero-order valence-electron chi connectivity index (χ0n) is 14.5. The predicted molar refractivity (Wildman–Crippen MR) is 99.6 cm³/mol. The number of benzene rings is 1. The maximum atomic E-state index is 12.5. The molecule has 1 amide bonds. The highest BCUT2D eigenvalue weighted by Gasteiger charge is 2.40. The number of nitrogens with two attached hydrogens (primary N) is 1. The van der Waals surface area contributed by atoms with Crippen molar-refractivity contribution in [2.45, 2.75) is 44.7 Å². The molecule has 0 aromatic heterocycles. The average molecular weight is 369 g/mol. The molecule has 6 heteroatoms. The second-order valence-corrected chi connectivity index (χ2v) is 7.13. The van der Waals surface area contributed by atoms with Crippen LogP contribution in [-0.2, 0) is 11.3 Å². The van der Waals surface area contributed by atoms with Gasteiger partial charge in [-0.1, -0.05) is 18.6 Å². The summed E-state index contributed by atoms with van der Waals surface area (Å²) in [4.78, 5) is 12.5. The van der Waals surface area contributed by atoms with E-state index in [-0.39, 0.29) is 30.8 Å². The van der Waals surface area contributed by atoms with Crippen molar-refractivity contribution in [2.24, 2.45) is 23.5 Å². The smallest absolute Gasteiger partial charge is 0.223 e. The van der Waals surface area contributed by atoms with Crippen molar-refractivity contribution in [3.63, 3.8) is 0 Å². The predicted octanol–water partition coefficient (Wildman–Crippen LogP) is 2.25. The normalized spacial score (nSPS) is 27.9. The summed E-state index contributed by atoms with van der Waals surface area (Å²) in [5.41, 5.74) is 7.35. The molecule has 5 nitrogen and oxygen atoms in total. The van der Waals surface area contributed by atoms with Crippen molar-refractivity contribution >= 4 is 18.3 Å². The van der Waals surface area contributed by atoms with Crippen LogP contribution in [0.25, 0.3) is 0 Å². The Kier molecular flexibility index (Phi) is 7.54. The van der Waals surface area contributed by atoms with Gasteiger partial charge in [0.1, 0.15) is 12.4 Å². The Morgan fingerprint density at radius 1 is 1.20 bits per heavy atom. The minimum atomic E-state index is 0. The molecule has 0 radical (unpaired) electrons. The molecule has 2 aliphatic carbocycles. The molecule has 2 saturated carbocycles. The summed E-state index contributed by atoms with van der Waals surface area (Å²) in [5.74, 6) is 2.06. The number of aliphatic hydroxyl groups excluding tert-OH is 1. The number of hydrogen-bond donors (Lipinski definition) is 3. The van der Waals surface area contributed by atoms with Crippen LogP contribution in [-0.4, -0.2) is 30.3 Å². The zero-order valence-corrected chi connectivity index (χ0v) is 15.3. The Morgan fingerprint density at radius 2 is 1.84 bits per heavy atom. The number of amides is 1. The van der Waals surface area contributed by atoms with Crippen LogP contribution >= 0.6 is 12.4 Å². The van der Waals surface area contributed by atoms with E-state index >= 15 is 0 Å². The highest BCUT2D eigenvalue weighted by atomic mass is 35.5. The Hall–Kier alpha value is -1.30. The van der Waals surface area contributed by atoms with Crippen molar-refractivity contribution in [3.8, 4) is 5.75 Å². The van der Waals surface area contributed by atoms with E-state index in [9.17, 15) is 4.79 Å². The van der Waals surface area contributed by atoms with Gasteiger partial charge in [-0.25, -0.2) is 0 Å². The Balaban J connectivity index is 0.00000225. The summed E-state index contributed by atoms with van der Waals surface area (Å²) >= 11 is 0. The number of fused-ring (bicyclic) bond motifs is 2. The molecule has 140 valence electrons. The molecule has 2 unspecified atom stereocenters. The topological polar surface area (TPSA) is 84.6 Å². The summed E-state index contributed by atoms with van der Waals surface area (Å²) in [6.07, 6.45) is 5.50. The van der Waals surface area contributed by atoms with Crippen molar-refractivity contribution in [2.75, 3.05) is 13.2 Å². The van der Waals surface area contributed by atoms with Crippen LogP contribution in [0, 0.1) is 17.8 Å². The van der Waals surface area contributed by atoms with E-state index in [1.54, 1.807) is 0 Å². The standard InChI is InChI=1S/C19H28N2O3.ClH/c20-18-14-2-1-3-15(18)11-16(10-14)19(23)21-12-13-4-6-17(7-5-13)24-9-8-22;/h4-7,14-16,18,22H,1-3,8-12,20H2,(H,21,23);1H. The minimum absolute atomic E-state index is 0. The quantitative estimate of drug-likeness (QED) is 0.719. The van der Waals surface area contributed by atoms with Gasteiger partial charge in [0.05, 0.1) is 6.61 Å². The first kappa shape index (κ1) is 20.0. The fraction of sp³-hybridized carbons (Fsp3) is 0.632. The van der Waals surface area contributed by atoms with Crippen LogP contribution in [0.15, 0.2) is 24.3 Å². The largest absolute Gasteiger partial charge is 0.491 e. The van der Waals surface area contributed by atoms with Crippen LogP contribution in [0.1, 0.15) is 37.7 Å². The summed E-state index contributed by atoms with van der Waals surface area (Å²) in [7, 11) is 0. The fourth-order valence-electron chi connectivity index (χ4n) is 4.20. The van der Waals surface area contributed by atoms with Crippen LogP contribution in [0.4, 0.5) is 0 Å². The first-order valence-electron chi connectivity index (χ1n) is 9.03. The summed E-state index contributed by atoms with van der Waals surface area (Å²) in [6, 6.07) is 7.91. The molecule has 0 saturated heterocycles. The molecule has 2 aliphatic rings. The van der Waals surface area contributed by atoms with Gasteiger partial charge in [0.2, 0.25) is 5.91 Å². The van der Waals surface area contributed by atoms with Crippen LogP contribution in [0.2, 0.25) is 0 Å². The average Bonchev–Trinajstić information content (AvgIpc) is 2.58. The van der Waals surface area contributed by atoms with Crippen molar-refractivity contribution < 1.29 is 14.6 Å². The van der Waals surface area contributed by atoms with E-state index in [0.717, 1.165) is 24.2 Å². The number of halogens is 1. The third kappa shape index (κ3) is 5.09. The number of rotatable bonds is 6. The lowest BCUT2D eigenvalue weighted by molar-refractivity contribution is -0.128. The van der Waals surface area contributed by atoms with Crippen molar-refractivity contribution in [1.82, 2.24) is 5.32 Å². The zero-order chi connectivity index (χ0) is 16.9. The Bertz CT molecular complexity index is 538. The SMILES string of the molecule is Cl.NC1C2CCCC1CC(C(=O)NCc1ccc(OCCO)cc1)C2. The highest BCUT2D eigenvalue weighted by molar-refractivity contribution is 5.85. The van der Waals surface area contributed by atoms with E-state index in [0.29, 0.717) is 31.0 Å².